The minimum absolute atomic E-state index is 0.0164. The summed E-state index contributed by atoms with van der Waals surface area (Å²) in [5.41, 5.74) is 1.98. The van der Waals surface area contributed by atoms with E-state index >= 15 is 0 Å². The lowest BCUT2D eigenvalue weighted by atomic mass is 9.82. The molecule has 1 heterocycles. The summed E-state index contributed by atoms with van der Waals surface area (Å²) in [7, 11) is 1.59. The summed E-state index contributed by atoms with van der Waals surface area (Å²) in [5, 5.41) is 2.95. The van der Waals surface area contributed by atoms with Crippen LogP contribution in [0.3, 0.4) is 0 Å². The fourth-order valence-corrected chi connectivity index (χ4v) is 4.25. The lowest BCUT2D eigenvalue weighted by molar-refractivity contribution is -0.154. The maximum Gasteiger partial charge on any atom is 0.250 e. The molecule has 3 aromatic rings. The first-order valence-corrected chi connectivity index (χ1v) is 10.9. The predicted octanol–water partition coefficient (Wildman–Crippen LogP) is 4.85. The Bertz CT molecular complexity index is 1040. The Kier molecular flexibility index (Phi) is 6.26. The maximum absolute atomic E-state index is 13.4. The molecule has 1 atom stereocenters. The third-order valence-electron chi connectivity index (χ3n) is 6.32. The van der Waals surface area contributed by atoms with Crippen molar-refractivity contribution in [1.82, 2.24) is 4.90 Å². The van der Waals surface area contributed by atoms with E-state index in [1.807, 2.05) is 61.5 Å². The van der Waals surface area contributed by atoms with Gasteiger partial charge in [-0.2, -0.15) is 0 Å². The molecule has 32 heavy (non-hydrogen) atoms. The minimum atomic E-state index is -0.863. The molecule has 1 aliphatic rings. The van der Waals surface area contributed by atoms with Crippen molar-refractivity contribution in [3.63, 3.8) is 0 Å². The average molecular weight is 429 g/mol. The van der Waals surface area contributed by atoms with Crippen molar-refractivity contribution in [3.8, 4) is 5.75 Å². The second-order valence-corrected chi connectivity index (χ2v) is 8.33. The second kappa shape index (κ2) is 9.27. The molecule has 0 saturated carbocycles. The number of nitrogens with zero attached hydrogens (tertiary/aromatic N) is 1. The van der Waals surface area contributed by atoms with Crippen molar-refractivity contribution in [1.29, 1.82) is 0 Å². The molecule has 1 saturated heterocycles. The van der Waals surface area contributed by atoms with Crippen LogP contribution in [0.1, 0.15) is 36.8 Å². The van der Waals surface area contributed by atoms with Gasteiger partial charge in [-0.15, -0.1) is 0 Å². The lowest BCUT2D eigenvalue weighted by Crippen LogP contribution is -2.66. The number of amides is 2. The quantitative estimate of drug-likeness (QED) is 0.585. The van der Waals surface area contributed by atoms with Gasteiger partial charge in [0.1, 0.15) is 11.3 Å². The Hall–Kier alpha value is -3.60. The highest BCUT2D eigenvalue weighted by atomic mass is 16.5. The van der Waals surface area contributed by atoms with E-state index < -0.39 is 5.54 Å². The van der Waals surface area contributed by atoms with E-state index in [4.69, 9.17) is 4.74 Å². The van der Waals surface area contributed by atoms with Gasteiger partial charge in [0, 0.05) is 30.6 Å². The predicted molar refractivity (Wildman–Crippen MR) is 126 cm³/mol. The number of hydrogen-bond acceptors (Lipinski definition) is 3. The van der Waals surface area contributed by atoms with Gasteiger partial charge >= 0.3 is 0 Å². The molecule has 164 valence electrons. The van der Waals surface area contributed by atoms with Crippen LogP contribution in [0.5, 0.6) is 5.75 Å². The topological polar surface area (TPSA) is 58.6 Å². The molecule has 2 amide bonds. The van der Waals surface area contributed by atoms with Gasteiger partial charge < -0.3 is 15.0 Å². The first-order chi connectivity index (χ1) is 15.5. The van der Waals surface area contributed by atoms with Crippen molar-refractivity contribution in [2.45, 2.75) is 31.2 Å². The van der Waals surface area contributed by atoms with Crippen molar-refractivity contribution >= 4 is 17.5 Å². The molecule has 0 aliphatic carbocycles. The number of rotatable bonds is 7. The fourth-order valence-electron chi connectivity index (χ4n) is 4.25. The van der Waals surface area contributed by atoms with Crippen LogP contribution < -0.4 is 10.1 Å². The molecule has 5 nitrogen and oxygen atoms in total. The first-order valence-electron chi connectivity index (χ1n) is 10.9. The third kappa shape index (κ3) is 4.37. The summed E-state index contributed by atoms with van der Waals surface area (Å²) in [4.78, 5) is 28.2. The molecule has 1 unspecified atom stereocenters. The van der Waals surface area contributed by atoms with E-state index in [0.717, 1.165) is 11.1 Å². The fraction of sp³-hybridized carbons (Fsp3) is 0.259. The van der Waals surface area contributed by atoms with Gasteiger partial charge in [0.25, 0.3) is 0 Å². The van der Waals surface area contributed by atoms with Crippen LogP contribution in [-0.2, 0) is 9.59 Å². The van der Waals surface area contributed by atoms with Crippen LogP contribution in [0.2, 0.25) is 0 Å². The molecule has 0 spiro atoms. The second-order valence-electron chi connectivity index (χ2n) is 8.33. The lowest BCUT2D eigenvalue weighted by Gasteiger charge is -2.49. The monoisotopic (exact) mass is 428 g/mol. The van der Waals surface area contributed by atoms with Gasteiger partial charge in [0.05, 0.1) is 7.11 Å². The largest absolute Gasteiger partial charge is 0.497 e. The zero-order valence-corrected chi connectivity index (χ0v) is 18.5. The molecule has 0 radical (unpaired) electrons. The third-order valence-corrected chi connectivity index (χ3v) is 6.32. The summed E-state index contributed by atoms with van der Waals surface area (Å²) >= 11 is 0. The highest BCUT2D eigenvalue weighted by molar-refractivity contribution is 6.01. The van der Waals surface area contributed by atoms with E-state index in [0.29, 0.717) is 30.8 Å². The van der Waals surface area contributed by atoms with E-state index in [1.54, 1.807) is 18.1 Å². The van der Waals surface area contributed by atoms with Gasteiger partial charge in [0.15, 0.2) is 0 Å². The van der Waals surface area contributed by atoms with Crippen LogP contribution in [0, 0.1) is 0 Å². The normalized spacial score (nSPS) is 17.5. The Labute approximate surface area is 189 Å². The summed E-state index contributed by atoms with van der Waals surface area (Å²) in [5.74, 6) is 0.415. The number of ether oxygens (including phenoxy) is 1. The van der Waals surface area contributed by atoms with E-state index in [-0.39, 0.29) is 17.7 Å². The summed E-state index contributed by atoms with van der Waals surface area (Å²) in [6.45, 7) is 2.42. The van der Waals surface area contributed by atoms with Gasteiger partial charge in [-0.3, -0.25) is 9.59 Å². The number of likely N-dealkylation sites (tertiary alicyclic amines) is 1. The van der Waals surface area contributed by atoms with Gasteiger partial charge in [-0.05, 0) is 36.6 Å². The summed E-state index contributed by atoms with van der Waals surface area (Å²) < 4.78 is 5.23. The molecule has 5 heteroatoms. The Morgan fingerprint density at radius 2 is 1.59 bits per heavy atom. The molecular weight excluding hydrogens is 400 g/mol. The number of carbonyl (C=O) groups excluding carboxylic acids is 2. The Balaban J connectivity index is 1.51. The van der Waals surface area contributed by atoms with E-state index in [2.05, 4.69) is 29.6 Å². The summed E-state index contributed by atoms with van der Waals surface area (Å²) in [6, 6.07) is 27.4. The number of benzene rings is 3. The molecule has 1 N–H and O–H groups in total. The molecule has 0 aromatic heterocycles. The number of methoxy groups -OCH3 is 1. The molecule has 0 bridgehead atoms. The highest BCUT2D eigenvalue weighted by Gasteiger charge is 2.49. The molecule has 1 aliphatic heterocycles. The van der Waals surface area contributed by atoms with E-state index in [9.17, 15) is 9.59 Å². The zero-order valence-electron chi connectivity index (χ0n) is 18.5. The van der Waals surface area contributed by atoms with Crippen molar-refractivity contribution < 1.29 is 14.3 Å². The molecule has 1 fully saturated rings. The zero-order chi connectivity index (χ0) is 22.6. The number of carbonyl (C=O) groups is 2. The number of nitrogens with one attached hydrogen (secondary N) is 1. The number of anilines is 1. The van der Waals surface area contributed by atoms with Gasteiger partial charge in [0.2, 0.25) is 11.8 Å². The van der Waals surface area contributed by atoms with Crippen molar-refractivity contribution in [2.75, 3.05) is 19.0 Å². The molecule has 3 aromatic carbocycles. The van der Waals surface area contributed by atoms with Crippen LogP contribution in [0.4, 0.5) is 5.69 Å². The minimum Gasteiger partial charge on any atom is -0.497 e. The number of hydrogen-bond donors (Lipinski definition) is 1. The molecular formula is C27H28N2O3. The average Bonchev–Trinajstić information content (AvgIpc) is 2.82. The maximum atomic E-state index is 13.4. The van der Waals surface area contributed by atoms with Gasteiger partial charge in [-0.25, -0.2) is 0 Å². The van der Waals surface area contributed by atoms with E-state index in [1.165, 1.54) is 0 Å². The SMILES string of the molecule is COc1cccc(NC(=O)C2(C)CCN2C(=O)CC(c2ccccc2)c2ccccc2)c1. The van der Waals surface area contributed by atoms with Crippen molar-refractivity contribution in [3.05, 3.63) is 96.1 Å². The van der Waals surface area contributed by atoms with Crippen LogP contribution >= 0.6 is 0 Å². The Morgan fingerprint density at radius 3 is 2.12 bits per heavy atom. The van der Waals surface area contributed by atoms with Gasteiger partial charge in [-0.1, -0.05) is 66.7 Å². The molecule has 4 rings (SSSR count). The van der Waals surface area contributed by atoms with Crippen molar-refractivity contribution in [2.24, 2.45) is 0 Å². The summed E-state index contributed by atoms with van der Waals surface area (Å²) in [6.07, 6.45) is 0.950. The van der Waals surface area contributed by atoms with Crippen LogP contribution in [0.25, 0.3) is 0 Å². The first kappa shape index (κ1) is 21.6. The highest BCUT2D eigenvalue weighted by Crippen LogP contribution is 2.36. The van der Waals surface area contributed by atoms with Crippen LogP contribution in [-0.4, -0.2) is 35.9 Å². The van der Waals surface area contributed by atoms with Crippen LogP contribution in [0.15, 0.2) is 84.9 Å². The standard InChI is InChI=1S/C27H28N2O3/c1-27(26(31)28-22-14-9-15-23(18-22)32-2)16-17-29(27)25(30)19-24(20-10-5-3-6-11-20)21-12-7-4-8-13-21/h3-15,18,24H,16-17,19H2,1-2H3,(H,28,31). The smallest absolute Gasteiger partial charge is 0.250 e. The Morgan fingerprint density at radius 1 is 0.969 bits per heavy atom.